The lowest BCUT2D eigenvalue weighted by Gasteiger charge is -2.00. The standard InChI is InChI=1S/C13H10FN3O3S/c1-2-19-12(18)11-16-17-13(20-11)21-7-9-4-3-8(6-15)5-10(9)14/h3-5H,2,7H2,1H3. The fourth-order valence-electron chi connectivity index (χ4n) is 1.42. The molecule has 0 atom stereocenters. The summed E-state index contributed by atoms with van der Waals surface area (Å²) in [5.74, 6) is -1.17. The van der Waals surface area contributed by atoms with E-state index in [4.69, 9.17) is 14.4 Å². The molecule has 21 heavy (non-hydrogen) atoms. The molecule has 0 saturated carbocycles. The first kappa shape index (κ1) is 15.0. The van der Waals surface area contributed by atoms with E-state index in [1.807, 2.05) is 6.07 Å². The van der Waals surface area contributed by atoms with Crippen molar-refractivity contribution in [3.8, 4) is 6.07 Å². The highest BCUT2D eigenvalue weighted by atomic mass is 32.2. The number of carbonyl (C=O) groups excluding carboxylic acids is 1. The number of halogens is 1. The van der Waals surface area contributed by atoms with Crippen molar-refractivity contribution < 1.29 is 18.3 Å². The quantitative estimate of drug-likeness (QED) is 0.619. The van der Waals surface area contributed by atoms with Crippen molar-refractivity contribution >= 4 is 17.7 Å². The molecule has 1 aromatic heterocycles. The smallest absolute Gasteiger partial charge is 0.396 e. The third-order valence-corrected chi connectivity index (χ3v) is 3.26. The van der Waals surface area contributed by atoms with Crippen LogP contribution in [0.4, 0.5) is 4.39 Å². The normalized spacial score (nSPS) is 10.1. The van der Waals surface area contributed by atoms with Gasteiger partial charge in [0.25, 0.3) is 5.22 Å². The topological polar surface area (TPSA) is 89.0 Å². The minimum absolute atomic E-state index is 0.141. The Kier molecular flexibility index (Phi) is 4.90. The summed E-state index contributed by atoms with van der Waals surface area (Å²) in [5, 5.41) is 16.0. The zero-order valence-electron chi connectivity index (χ0n) is 11.0. The van der Waals surface area contributed by atoms with E-state index >= 15 is 0 Å². The second-order valence-corrected chi connectivity index (χ2v) is 4.73. The Hall–Kier alpha value is -2.40. The van der Waals surface area contributed by atoms with E-state index in [0.717, 1.165) is 17.8 Å². The zero-order valence-corrected chi connectivity index (χ0v) is 11.8. The molecule has 1 heterocycles. The van der Waals surface area contributed by atoms with Crippen LogP contribution in [0.2, 0.25) is 0 Å². The van der Waals surface area contributed by atoms with Crippen LogP contribution in [-0.4, -0.2) is 22.8 Å². The molecule has 0 bridgehead atoms. The maximum absolute atomic E-state index is 13.7. The molecule has 0 amide bonds. The molecule has 0 spiro atoms. The Bertz CT molecular complexity index is 696. The maximum atomic E-state index is 13.7. The summed E-state index contributed by atoms with van der Waals surface area (Å²) in [6.07, 6.45) is 0. The molecule has 0 aliphatic heterocycles. The average molecular weight is 307 g/mol. The van der Waals surface area contributed by atoms with Crippen LogP contribution in [0.15, 0.2) is 27.8 Å². The molecular weight excluding hydrogens is 297 g/mol. The monoisotopic (exact) mass is 307 g/mol. The zero-order chi connectivity index (χ0) is 15.2. The van der Waals surface area contributed by atoms with Gasteiger partial charge in [-0.15, -0.1) is 5.10 Å². The highest BCUT2D eigenvalue weighted by Gasteiger charge is 2.16. The Morgan fingerprint density at radius 3 is 3.00 bits per heavy atom. The molecule has 0 aliphatic carbocycles. The first-order valence-electron chi connectivity index (χ1n) is 5.96. The van der Waals surface area contributed by atoms with E-state index in [-0.39, 0.29) is 29.0 Å². The molecule has 0 aliphatic rings. The van der Waals surface area contributed by atoms with E-state index in [1.54, 1.807) is 6.92 Å². The van der Waals surface area contributed by atoms with Gasteiger partial charge in [-0.25, -0.2) is 9.18 Å². The first-order valence-corrected chi connectivity index (χ1v) is 6.94. The third-order valence-electron chi connectivity index (χ3n) is 2.39. The number of benzene rings is 1. The first-order chi connectivity index (χ1) is 10.1. The van der Waals surface area contributed by atoms with Crippen molar-refractivity contribution in [3.05, 3.63) is 41.0 Å². The van der Waals surface area contributed by atoms with Crippen molar-refractivity contribution in [2.75, 3.05) is 6.61 Å². The molecule has 6 nitrogen and oxygen atoms in total. The molecule has 8 heteroatoms. The van der Waals surface area contributed by atoms with E-state index in [9.17, 15) is 9.18 Å². The lowest BCUT2D eigenvalue weighted by molar-refractivity contribution is 0.0475. The number of rotatable bonds is 5. The van der Waals surface area contributed by atoms with Gasteiger partial charge in [-0.3, -0.25) is 0 Å². The van der Waals surface area contributed by atoms with Gasteiger partial charge in [0.15, 0.2) is 0 Å². The van der Waals surface area contributed by atoms with Gasteiger partial charge in [0.05, 0.1) is 18.2 Å². The SMILES string of the molecule is CCOC(=O)c1nnc(SCc2ccc(C#N)cc2F)o1. The van der Waals surface area contributed by atoms with Crippen molar-refractivity contribution in [1.29, 1.82) is 5.26 Å². The van der Waals surface area contributed by atoms with Crippen LogP contribution < -0.4 is 0 Å². The molecule has 2 rings (SSSR count). The maximum Gasteiger partial charge on any atom is 0.396 e. The molecule has 108 valence electrons. The highest BCUT2D eigenvalue weighted by Crippen LogP contribution is 2.23. The number of esters is 1. The van der Waals surface area contributed by atoms with E-state index < -0.39 is 11.8 Å². The van der Waals surface area contributed by atoms with Crippen LogP contribution in [0.1, 0.15) is 28.7 Å². The number of nitriles is 1. The second-order valence-electron chi connectivity index (χ2n) is 3.80. The van der Waals surface area contributed by atoms with Gasteiger partial charge in [-0.05, 0) is 24.6 Å². The number of hydrogen-bond acceptors (Lipinski definition) is 7. The molecule has 0 radical (unpaired) electrons. The summed E-state index contributed by atoms with van der Waals surface area (Å²) in [7, 11) is 0. The average Bonchev–Trinajstić information content (AvgIpc) is 2.95. The van der Waals surface area contributed by atoms with E-state index in [0.29, 0.717) is 5.56 Å². The van der Waals surface area contributed by atoms with Crippen molar-refractivity contribution in [3.63, 3.8) is 0 Å². The Morgan fingerprint density at radius 1 is 1.52 bits per heavy atom. The lowest BCUT2D eigenvalue weighted by Crippen LogP contribution is -2.04. The fraction of sp³-hybridized carbons (Fsp3) is 0.231. The molecule has 2 aromatic rings. The number of thioether (sulfide) groups is 1. The number of nitrogens with zero attached hydrogens (tertiary/aromatic N) is 3. The number of aromatic nitrogens is 2. The summed E-state index contributed by atoms with van der Waals surface area (Å²) in [5.41, 5.74) is 0.651. The van der Waals surface area contributed by atoms with Crippen LogP contribution in [0.25, 0.3) is 0 Å². The predicted molar refractivity (Wildman–Crippen MR) is 70.9 cm³/mol. The minimum Gasteiger partial charge on any atom is -0.459 e. The van der Waals surface area contributed by atoms with Crippen molar-refractivity contribution in [2.45, 2.75) is 17.9 Å². The molecule has 0 unspecified atom stereocenters. The number of hydrogen-bond donors (Lipinski definition) is 0. The van der Waals surface area contributed by atoms with E-state index in [2.05, 4.69) is 10.2 Å². The lowest BCUT2D eigenvalue weighted by atomic mass is 10.1. The summed E-state index contributed by atoms with van der Waals surface area (Å²) in [6, 6.07) is 6.06. The molecule has 0 fully saturated rings. The van der Waals surface area contributed by atoms with Gasteiger partial charge in [-0.1, -0.05) is 22.9 Å². The number of carbonyl (C=O) groups is 1. The van der Waals surface area contributed by atoms with Gasteiger partial charge in [-0.2, -0.15) is 5.26 Å². The molecular formula is C13H10FN3O3S. The predicted octanol–water partition coefficient (Wildman–Crippen LogP) is 2.55. The van der Waals surface area contributed by atoms with Crippen LogP contribution in [0.3, 0.4) is 0 Å². The van der Waals surface area contributed by atoms with Gasteiger partial charge >= 0.3 is 11.9 Å². The van der Waals surface area contributed by atoms with Crippen LogP contribution in [-0.2, 0) is 10.5 Å². The Labute approximate surface area is 123 Å². The van der Waals surface area contributed by atoms with Crippen LogP contribution in [0.5, 0.6) is 0 Å². The van der Waals surface area contributed by atoms with Gasteiger partial charge < -0.3 is 9.15 Å². The largest absolute Gasteiger partial charge is 0.459 e. The van der Waals surface area contributed by atoms with Crippen LogP contribution >= 0.6 is 11.8 Å². The van der Waals surface area contributed by atoms with Crippen LogP contribution in [0, 0.1) is 17.1 Å². The van der Waals surface area contributed by atoms with Gasteiger partial charge in [0.1, 0.15) is 5.82 Å². The van der Waals surface area contributed by atoms with Gasteiger partial charge in [0, 0.05) is 5.75 Å². The highest BCUT2D eigenvalue weighted by molar-refractivity contribution is 7.98. The summed E-state index contributed by atoms with van der Waals surface area (Å²) < 4.78 is 23.5. The fourth-order valence-corrected chi connectivity index (χ4v) is 2.17. The number of ether oxygens (including phenoxy) is 1. The minimum atomic E-state index is -0.693. The van der Waals surface area contributed by atoms with Crippen molar-refractivity contribution in [2.24, 2.45) is 0 Å². The molecule has 0 N–H and O–H groups in total. The second kappa shape index (κ2) is 6.85. The Morgan fingerprint density at radius 2 is 2.33 bits per heavy atom. The summed E-state index contributed by atoms with van der Waals surface area (Å²) >= 11 is 1.09. The van der Waals surface area contributed by atoms with E-state index in [1.165, 1.54) is 12.1 Å². The summed E-state index contributed by atoms with van der Waals surface area (Å²) in [4.78, 5) is 11.3. The Balaban J connectivity index is 2.00. The van der Waals surface area contributed by atoms with Crippen molar-refractivity contribution in [1.82, 2.24) is 10.2 Å². The molecule has 0 saturated heterocycles. The molecule has 1 aromatic carbocycles. The summed E-state index contributed by atoms with van der Waals surface area (Å²) in [6.45, 7) is 1.87. The third kappa shape index (κ3) is 3.79. The van der Waals surface area contributed by atoms with Gasteiger partial charge in [0.2, 0.25) is 0 Å².